The number of alkyl halides is 1. The second-order valence-electron chi connectivity index (χ2n) is 5.26. The van der Waals surface area contributed by atoms with Gasteiger partial charge in [0.25, 0.3) is 0 Å². The van der Waals surface area contributed by atoms with Crippen LogP contribution in [0.1, 0.15) is 11.1 Å². The minimum atomic E-state index is -1.70. The van der Waals surface area contributed by atoms with E-state index in [1.54, 1.807) is 0 Å². The molecule has 3 heteroatoms. The third-order valence-corrected chi connectivity index (χ3v) is 12.1. The molecule has 0 nitrogen and oxygen atoms in total. The number of halogens is 2. The summed E-state index contributed by atoms with van der Waals surface area (Å²) in [7, 11) is -1.70. The van der Waals surface area contributed by atoms with Crippen molar-refractivity contribution in [2.24, 2.45) is 0 Å². The fourth-order valence-corrected chi connectivity index (χ4v) is 6.52. The SMILES string of the molecule is Cl[Si](CBr)(CCc1ccccc1)CCc1ccccc1. The van der Waals surface area contributed by atoms with E-state index in [0.29, 0.717) is 0 Å². The summed E-state index contributed by atoms with van der Waals surface area (Å²) in [6, 6.07) is 23.6. The summed E-state index contributed by atoms with van der Waals surface area (Å²) >= 11 is 10.6. The standard InChI is InChI=1S/C17H20BrClSi/c18-15-20(19,13-11-16-7-3-1-4-8-16)14-12-17-9-5-2-6-10-17/h1-10H,11-15H2. The van der Waals surface area contributed by atoms with Crippen molar-refractivity contribution in [3.63, 3.8) is 0 Å². The highest BCUT2D eigenvalue weighted by atomic mass is 79.9. The van der Waals surface area contributed by atoms with Crippen LogP contribution in [0.15, 0.2) is 60.7 Å². The van der Waals surface area contributed by atoms with Crippen LogP contribution >= 0.6 is 27.0 Å². The number of aryl methyl sites for hydroxylation is 2. The van der Waals surface area contributed by atoms with Gasteiger partial charge in [-0.05, 0) is 36.1 Å². The normalized spacial score (nSPS) is 11.5. The second kappa shape index (κ2) is 8.01. The molecular formula is C17H20BrClSi. The molecule has 0 atom stereocenters. The smallest absolute Gasteiger partial charge is 0.166 e. The van der Waals surface area contributed by atoms with Crippen molar-refractivity contribution >= 4 is 34.4 Å². The molecule has 0 fully saturated rings. The molecule has 0 aliphatic carbocycles. The Morgan fingerprint density at radius 3 is 1.50 bits per heavy atom. The highest BCUT2D eigenvalue weighted by Gasteiger charge is 2.28. The minimum Gasteiger partial charge on any atom is -0.166 e. The molecular weight excluding hydrogens is 348 g/mol. The maximum Gasteiger partial charge on any atom is 0.167 e. The number of rotatable bonds is 7. The highest BCUT2D eigenvalue weighted by molar-refractivity contribution is 9.09. The van der Waals surface area contributed by atoms with Crippen molar-refractivity contribution in [3.8, 4) is 0 Å². The van der Waals surface area contributed by atoms with Crippen LogP contribution in [0.4, 0.5) is 0 Å². The summed E-state index contributed by atoms with van der Waals surface area (Å²) in [6.07, 6.45) is 2.19. The zero-order chi connectivity index (χ0) is 14.3. The fourth-order valence-electron chi connectivity index (χ4n) is 2.28. The van der Waals surface area contributed by atoms with Crippen LogP contribution < -0.4 is 0 Å². The summed E-state index contributed by atoms with van der Waals surface area (Å²) in [5.41, 5.74) is 2.79. The van der Waals surface area contributed by atoms with E-state index in [1.807, 2.05) is 0 Å². The molecule has 0 heterocycles. The zero-order valence-corrected chi connectivity index (χ0v) is 14.9. The molecule has 0 aliphatic rings. The van der Waals surface area contributed by atoms with Crippen molar-refractivity contribution in [1.29, 1.82) is 0 Å². The van der Waals surface area contributed by atoms with Gasteiger partial charge < -0.3 is 0 Å². The van der Waals surface area contributed by atoms with Gasteiger partial charge in [0, 0.05) is 4.95 Å². The Hall–Kier alpha value is -0.573. The third kappa shape index (κ3) is 5.08. The van der Waals surface area contributed by atoms with Gasteiger partial charge >= 0.3 is 0 Å². The maximum atomic E-state index is 6.92. The van der Waals surface area contributed by atoms with E-state index in [9.17, 15) is 0 Å². The Morgan fingerprint density at radius 1 is 0.750 bits per heavy atom. The van der Waals surface area contributed by atoms with E-state index >= 15 is 0 Å². The predicted molar refractivity (Wildman–Crippen MR) is 95.3 cm³/mol. The Kier molecular flexibility index (Phi) is 6.33. The van der Waals surface area contributed by atoms with Crippen LogP contribution in [-0.4, -0.2) is 12.3 Å². The van der Waals surface area contributed by atoms with Gasteiger partial charge in [0.2, 0.25) is 0 Å². The van der Waals surface area contributed by atoms with Crippen LogP contribution in [0.5, 0.6) is 0 Å². The molecule has 0 radical (unpaired) electrons. The Balaban J connectivity index is 1.88. The lowest BCUT2D eigenvalue weighted by atomic mass is 10.2. The third-order valence-electron chi connectivity index (χ3n) is 3.65. The average molecular weight is 368 g/mol. The lowest BCUT2D eigenvalue weighted by Crippen LogP contribution is -2.31. The van der Waals surface area contributed by atoms with Crippen molar-refractivity contribution in [1.82, 2.24) is 0 Å². The lowest BCUT2D eigenvalue weighted by Gasteiger charge is -2.22. The molecule has 0 amide bonds. The van der Waals surface area contributed by atoms with Gasteiger partial charge in [0.15, 0.2) is 7.38 Å². The fraction of sp³-hybridized carbons (Fsp3) is 0.294. The van der Waals surface area contributed by atoms with Gasteiger partial charge in [0.05, 0.1) is 0 Å². The van der Waals surface area contributed by atoms with Gasteiger partial charge in [0.1, 0.15) is 0 Å². The molecule has 0 unspecified atom stereocenters. The van der Waals surface area contributed by atoms with E-state index in [-0.39, 0.29) is 0 Å². The van der Waals surface area contributed by atoms with E-state index in [0.717, 1.165) is 29.9 Å². The topological polar surface area (TPSA) is 0 Å². The summed E-state index contributed by atoms with van der Waals surface area (Å²) in [6.45, 7) is 0. The van der Waals surface area contributed by atoms with Gasteiger partial charge in [-0.1, -0.05) is 76.6 Å². The molecule has 2 aromatic rings. The first-order valence-corrected chi connectivity index (χ1v) is 11.8. The summed E-state index contributed by atoms with van der Waals surface area (Å²) in [4.78, 5) is 0.973. The van der Waals surface area contributed by atoms with Crippen LogP contribution in [-0.2, 0) is 12.8 Å². The van der Waals surface area contributed by atoms with Gasteiger partial charge in [-0.2, -0.15) is 11.1 Å². The minimum absolute atomic E-state index is 0.973. The molecule has 0 saturated carbocycles. The van der Waals surface area contributed by atoms with Crippen LogP contribution in [0.2, 0.25) is 12.1 Å². The molecule has 106 valence electrons. The summed E-state index contributed by atoms with van der Waals surface area (Å²) in [5, 5.41) is 0. The molecule has 0 aliphatic heterocycles. The number of hydrogen-bond acceptors (Lipinski definition) is 0. The Bertz CT molecular complexity index is 457. The van der Waals surface area contributed by atoms with Crippen molar-refractivity contribution in [2.45, 2.75) is 24.9 Å². The molecule has 0 bridgehead atoms. The van der Waals surface area contributed by atoms with E-state index < -0.39 is 7.38 Å². The van der Waals surface area contributed by atoms with Crippen molar-refractivity contribution in [3.05, 3.63) is 71.8 Å². The molecule has 2 rings (SSSR count). The lowest BCUT2D eigenvalue weighted by molar-refractivity contribution is 1.04. The predicted octanol–water partition coefficient (Wildman–Crippen LogP) is 5.59. The summed E-state index contributed by atoms with van der Waals surface area (Å²) < 4.78 is 0. The second-order valence-corrected chi connectivity index (χ2v) is 12.9. The van der Waals surface area contributed by atoms with E-state index in [1.165, 1.54) is 11.1 Å². The monoisotopic (exact) mass is 366 g/mol. The molecule has 0 N–H and O–H groups in total. The van der Waals surface area contributed by atoms with Crippen molar-refractivity contribution < 1.29 is 0 Å². The molecule has 20 heavy (non-hydrogen) atoms. The molecule has 0 saturated heterocycles. The molecule has 2 aromatic carbocycles. The first-order valence-electron chi connectivity index (χ1n) is 7.05. The first kappa shape index (κ1) is 15.8. The van der Waals surface area contributed by atoms with E-state index in [4.69, 9.17) is 11.1 Å². The summed E-state index contributed by atoms with van der Waals surface area (Å²) in [5.74, 6) is 0. The van der Waals surface area contributed by atoms with Gasteiger partial charge in [-0.15, -0.1) is 0 Å². The Morgan fingerprint density at radius 2 is 1.15 bits per heavy atom. The maximum absolute atomic E-state index is 6.92. The van der Waals surface area contributed by atoms with Gasteiger partial charge in [-0.25, -0.2) is 0 Å². The quantitative estimate of drug-likeness (QED) is 0.340. The average Bonchev–Trinajstić information content (AvgIpc) is 2.53. The Labute approximate surface area is 136 Å². The number of hydrogen-bond donors (Lipinski definition) is 0. The van der Waals surface area contributed by atoms with E-state index in [2.05, 4.69) is 76.6 Å². The zero-order valence-electron chi connectivity index (χ0n) is 11.6. The van der Waals surface area contributed by atoms with Gasteiger partial charge in [-0.3, -0.25) is 0 Å². The van der Waals surface area contributed by atoms with Crippen LogP contribution in [0.3, 0.4) is 0 Å². The first-order chi connectivity index (χ1) is 9.72. The van der Waals surface area contributed by atoms with Crippen LogP contribution in [0, 0.1) is 0 Å². The molecule has 0 spiro atoms. The highest BCUT2D eigenvalue weighted by Crippen LogP contribution is 2.27. The van der Waals surface area contributed by atoms with Crippen LogP contribution in [0.25, 0.3) is 0 Å². The van der Waals surface area contributed by atoms with Crippen molar-refractivity contribution in [2.75, 3.05) is 4.95 Å². The number of benzene rings is 2. The molecule has 0 aromatic heterocycles. The largest absolute Gasteiger partial charge is 0.167 e.